The summed E-state index contributed by atoms with van der Waals surface area (Å²) in [6, 6.07) is 30.0. The number of hydrogen-bond donors (Lipinski definition) is 5. The lowest BCUT2D eigenvalue weighted by molar-refractivity contribution is -0.139. The van der Waals surface area contributed by atoms with E-state index in [-0.39, 0.29) is 110 Å². The molecule has 29 heteroatoms. The Hall–Kier alpha value is -9.28. The van der Waals surface area contributed by atoms with Gasteiger partial charge in [0.2, 0.25) is 33.7 Å². The summed E-state index contributed by atoms with van der Waals surface area (Å²) in [7, 11) is -7.68. The van der Waals surface area contributed by atoms with Gasteiger partial charge in [-0.2, -0.15) is 0 Å². The van der Waals surface area contributed by atoms with Gasteiger partial charge in [-0.05, 0) is 74.5 Å². The summed E-state index contributed by atoms with van der Waals surface area (Å²) in [6.45, 7) is 0.837. The molecule has 0 saturated carbocycles. The zero-order valence-corrected chi connectivity index (χ0v) is 51.3. The number of Topliss-reactive ketones (excluding diaryl/α,β-unsaturated/α-hetero) is 2. The van der Waals surface area contributed by atoms with E-state index in [0.717, 1.165) is 9.80 Å². The first-order valence-corrected chi connectivity index (χ1v) is 31.3. The number of amides is 5. The van der Waals surface area contributed by atoms with Crippen molar-refractivity contribution < 1.29 is 77.9 Å². The number of primary sulfonamides is 1. The minimum atomic E-state index is -4.18. The number of likely N-dealkylation sites (tertiary alicyclic amines) is 2. The molecule has 2 saturated heterocycles. The highest BCUT2D eigenvalue weighted by atomic mass is 35.5. The smallest absolute Gasteiger partial charge is 0.335 e. The van der Waals surface area contributed by atoms with Gasteiger partial charge < -0.3 is 34.7 Å². The van der Waals surface area contributed by atoms with Crippen LogP contribution in [0.4, 0.5) is 17.6 Å². The summed E-state index contributed by atoms with van der Waals surface area (Å²) in [5.74, 6) is -6.63. The van der Waals surface area contributed by atoms with Crippen molar-refractivity contribution in [1.29, 1.82) is 0 Å². The fraction of sp³-hybridized carbons (Fsp3) is 0.226. The van der Waals surface area contributed by atoms with E-state index in [1.165, 1.54) is 145 Å². The third-order valence-electron chi connectivity index (χ3n) is 14.7. The molecule has 10 rings (SSSR count). The minimum Gasteiger partial charge on any atom is -0.478 e. The van der Waals surface area contributed by atoms with Crippen molar-refractivity contribution >= 4 is 112 Å². The molecule has 2 aliphatic rings. The van der Waals surface area contributed by atoms with E-state index in [2.05, 4.69) is 10.6 Å². The fourth-order valence-electron chi connectivity index (χ4n) is 10.2. The number of ketones is 2. The lowest BCUT2D eigenvalue weighted by Gasteiger charge is -2.24. The number of aromatic nitrogens is 2. The van der Waals surface area contributed by atoms with E-state index in [4.69, 9.17) is 28.3 Å². The number of nitrogens with zero attached hydrogens (tertiary/aromatic N) is 4. The zero-order chi connectivity index (χ0) is 66.2. The Balaban J connectivity index is 0.000000207. The number of rotatable bonds is 17. The Morgan fingerprint density at radius 3 is 1.37 bits per heavy atom. The molecule has 4 heterocycles. The molecule has 4 atom stereocenters. The molecule has 5 amide bonds. The number of aromatic carboxylic acids is 1. The normalized spacial score (nSPS) is 16.3. The molecule has 2 aliphatic heterocycles. The van der Waals surface area contributed by atoms with Gasteiger partial charge in [-0.25, -0.2) is 49.1 Å². The predicted molar refractivity (Wildman–Crippen MR) is 326 cm³/mol. The molecule has 2 fully saturated rings. The number of carboxylic acid groups (broad SMARTS) is 1. The van der Waals surface area contributed by atoms with Gasteiger partial charge in [0.15, 0.2) is 11.6 Å². The highest BCUT2D eigenvalue weighted by molar-refractivity contribution is 7.90. The van der Waals surface area contributed by atoms with Crippen LogP contribution in [0.5, 0.6) is 0 Å². The van der Waals surface area contributed by atoms with Crippen molar-refractivity contribution in [2.45, 2.75) is 87.1 Å². The molecule has 0 spiro atoms. The first kappa shape index (κ1) is 67.6. The van der Waals surface area contributed by atoms with Crippen LogP contribution in [-0.2, 0) is 65.4 Å². The number of nitrogens with one attached hydrogen (secondary N) is 3. The van der Waals surface area contributed by atoms with E-state index in [1.54, 1.807) is 24.3 Å². The first-order valence-electron chi connectivity index (χ1n) is 27.5. The fourth-order valence-corrected chi connectivity index (χ4v) is 12.1. The van der Waals surface area contributed by atoms with E-state index in [0.29, 0.717) is 21.9 Å². The number of halogens is 6. The summed E-state index contributed by atoms with van der Waals surface area (Å²) in [6.07, 6.45) is -0.543. The van der Waals surface area contributed by atoms with Gasteiger partial charge >= 0.3 is 5.97 Å². The molecule has 6 N–H and O–H groups in total. The largest absolute Gasteiger partial charge is 0.478 e. The van der Waals surface area contributed by atoms with Crippen LogP contribution >= 0.6 is 23.2 Å². The van der Waals surface area contributed by atoms with Gasteiger partial charge in [-0.15, -0.1) is 0 Å². The van der Waals surface area contributed by atoms with Crippen LogP contribution in [0.3, 0.4) is 0 Å². The first-order chi connectivity index (χ1) is 43.0. The molecular weight excluding hydrogens is 1280 g/mol. The number of fused-ring (bicyclic) bond motifs is 2. The lowest BCUT2D eigenvalue weighted by Crippen LogP contribution is -2.46. The monoisotopic (exact) mass is 1330 g/mol. The summed E-state index contributed by atoms with van der Waals surface area (Å²) < 4.78 is 109. The molecule has 0 radical (unpaired) electrons. The Kier molecular flexibility index (Phi) is 21.3. The number of benzene rings is 6. The van der Waals surface area contributed by atoms with Crippen molar-refractivity contribution in [2.75, 3.05) is 13.1 Å². The van der Waals surface area contributed by atoms with Crippen molar-refractivity contribution in [3.05, 3.63) is 201 Å². The summed E-state index contributed by atoms with van der Waals surface area (Å²) in [5.41, 5.74) is 1.35. The topological polar surface area (TPSA) is 304 Å². The van der Waals surface area contributed by atoms with Crippen LogP contribution in [0.1, 0.15) is 79.2 Å². The molecule has 8 aromatic rings. The molecule has 6 aromatic carbocycles. The number of carboxylic acids is 1. The minimum absolute atomic E-state index is 0.0279. The maximum absolute atomic E-state index is 14.5. The summed E-state index contributed by atoms with van der Waals surface area (Å²) in [4.78, 5) is 104. The van der Waals surface area contributed by atoms with Gasteiger partial charge in [0.25, 0.3) is 15.9 Å². The number of alkyl halides is 2. The summed E-state index contributed by atoms with van der Waals surface area (Å²) >= 11 is 11.6. The van der Waals surface area contributed by atoms with Crippen molar-refractivity contribution in [1.82, 2.24) is 34.3 Å². The molecule has 0 bridgehead atoms. The quantitative estimate of drug-likeness (QED) is 0.0428. The van der Waals surface area contributed by atoms with Gasteiger partial charge in [0, 0.05) is 76.9 Å². The van der Waals surface area contributed by atoms with Crippen LogP contribution in [0.2, 0.25) is 10.0 Å². The highest BCUT2D eigenvalue weighted by Gasteiger charge is 2.41. The molecular formula is C62H56Cl2F4N8O13S2. The van der Waals surface area contributed by atoms with Crippen LogP contribution in [0, 0.1) is 11.6 Å². The number of carbonyl (C=O) groups is 8. The number of sulfonamides is 2. The van der Waals surface area contributed by atoms with Crippen LogP contribution < -0.4 is 20.5 Å². The maximum Gasteiger partial charge on any atom is 0.335 e. The Bertz CT molecular complexity index is 4410. The van der Waals surface area contributed by atoms with E-state index in [1.807, 2.05) is 4.72 Å². The van der Waals surface area contributed by atoms with Gasteiger partial charge in [0.05, 0.1) is 49.5 Å². The Morgan fingerprint density at radius 2 is 0.978 bits per heavy atom. The van der Waals surface area contributed by atoms with E-state index in [9.17, 15) is 77.9 Å². The average Bonchev–Trinajstić information content (AvgIpc) is 1.66. The zero-order valence-electron chi connectivity index (χ0n) is 48.1. The van der Waals surface area contributed by atoms with E-state index >= 15 is 0 Å². The number of hydrogen-bond acceptors (Lipinski definition) is 12. The SMILES string of the molecule is CC(=O)c1cn(CC(=O)N2C[C@H](F)C[C@H]2C(=O)NCc2cccc(Cl)c2F)c2cc(C(=O)NS(=O)(=O)c3ccccc3)ccc12.CC(=O)c1cn(CC(=O)N2C[C@H](F)C[C@H]2C(=O)NCc2cccc(Cl)c2F)c2cc(C(=O)O)ccc12.NS(=O)(=O)c1ccccc1. The molecule has 476 valence electrons. The van der Waals surface area contributed by atoms with Crippen molar-refractivity contribution in [3.63, 3.8) is 0 Å². The van der Waals surface area contributed by atoms with Gasteiger partial charge in [-0.1, -0.05) is 96.0 Å². The molecule has 0 aliphatic carbocycles. The van der Waals surface area contributed by atoms with Crippen molar-refractivity contribution in [2.24, 2.45) is 5.14 Å². The third kappa shape index (κ3) is 16.2. The Morgan fingerprint density at radius 1 is 0.571 bits per heavy atom. The predicted octanol–water partition coefficient (Wildman–Crippen LogP) is 7.93. The lowest BCUT2D eigenvalue weighted by atomic mass is 10.1. The second-order valence-corrected chi connectivity index (χ2v) is 25.0. The average molecular weight is 1330 g/mol. The second kappa shape index (κ2) is 28.7. The van der Waals surface area contributed by atoms with Crippen LogP contribution in [-0.4, -0.2) is 125 Å². The molecule has 21 nitrogen and oxygen atoms in total. The molecule has 0 unspecified atom stereocenters. The maximum atomic E-state index is 14.5. The van der Waals surface area contributed by atoms with E-state index < -0.39 is 98.2 Å². The van der Waals surface area contributed by atoms with Crippen LogP contribution in [0.25, 0.3) is 21.8 Å². The summed E-state index contributed by atoms with van der Waals surface area (Å²) in [5, 5.41) is 19.9. The Labute approximate surface area is 527 Å². The van der Waals surface area contributed by atoms with Crippen molar-refractivity contribution in [3.8, 4) is 0 Å². The number of nitrogens with two attached hydrogens (primary N) is 1. The second-order valence-electron chi connectivity index (χ2n) is 21.0. The number of carbonyl (C=O) groups excluding carboxylic acids is 7. The molecule has 2 aromatic heterocycles. The third-order valence-corrected chi connectivity index (χ3v) is 17.6. The molecule has 91 heavy (non-hydrogen) atoms. The highest BCUT2D eigenvalue weighted by Crippen LogP contribution is 2.29. The standard InChI is InChI=1S/C31H27ClF2N4O6S.C25H22ClF2N3O5.C6H7NO2S/c1-18(39)24-16-37(26-12-19(10-11-23(24)26)30(41)36-45(43,44)22-7-3-2-4-8-22)17-28(40)38-15-21(33)13-27(38)31(42)35-14-20-6-5-9-25(32)29(20)34;1-13(32)18-11-30(20-7-14(25(35)36)5-6-17(18)20)12-22(33)31-10-16(27)8-21(31)24(34)29-9-15-3-2-4-19(26)23(15)28;7-10(8,9)6-4-2-1-3-5-6/h2-12,16,21,27H,13-15,17H2,1H3,(H,35,42)(H,36,41);2-7,11,16,21H,8-10,12H2,1H3,(H,29,34)(H,35,36);1-5H,(H2,7,8,9)/t21-,27+;16-,21+;/m11./s1. The van der Waals surface area contributed by atoms with Crippen LogP contribution in [0.15, 0.2) is 156 Å². The van der Waals surface area contributed by atoms with Gasteiger partial charge in [0.1, 0.15) is 49.2 Å². The van der Waals surface area contributed by atoms with Gasteiger partial charge in [-0.3, -0.25) is 33.6 Å².